The third-order valence-corrected chi connectivity index (χ3v) is 2.57. The van der Waals surface area contributed by atoms with Crippen LogP contribution in [-0.2, 0) is 6.42 Å². The first-order valence-corrected chi connectivity index (χ1v) is 5.73. The molecule has 0 fully saturated rings. The molecule has 0 heterocycles. The number of aliphatic hydroxyl groups is 1. The zero-order chi connectivity index (χ0) is 11.8. The average Bonchev–Trinajstić information content (AvgIpc) is 2.35. The molecule has 0 radical (unpaired) electrons. The molecule has 1 rings (SSSR count). The summed E-state index contributed by atoms with van der Waals surface area (Å²) in [5.41, 5.74) is 1.32. The molecule has 1 aromatic rings. The highest BCUT2D eigenvalue weighted by Gasteiger charge is 1.98. The van der Waals surface area contributed by atoms with Gasteiger partial charge >= 0.3 is 0 Å². The maximum atomic E-state index is 8.83. The molecule has 0 aliphatic carbocycles. The van der Waals surface area contributed by atoms with E-state index in [1.54, 1.807) is 7.11 Å². The molecule has 90 valence electrons. The Morgan fingerprint density at radius 3 is 2.56 bits per heavy atom. The normalized spacial score (nSPS) is 12.4. The van der Waals surface area contributed by atoms with Gasteiger partial charge < -0.3 is 15.2 Å². The van der Waals surface area contributed by atoms with E-state index < -0.39 is 0 Å². The number of hydrogen-bond donors (Lipinski definition) is 2. The first kappa shape index (κ1) is 13.0. The number of methoxy groups -OCH3 is 1. The third-order valence-electron chi connectivity index (χ3n) is 2.57. The second-order valence-electron chi connectivity index (χ2n) is 3.99. The van der Waals surface area contributed by atoms with Crippen LogP contribution in [0.15, 0.2) is 24.3 Å². The van der Waals surface area contributed by atoms with Crippen LogP contribution in [0.2, 0.25) is 0 Å². The topological polar surface area (TPSA) is 41.5 Å². The minimum Gasteiger partial charge on any atom is -0.497 e. The summed E-state index contributed by atoms with van der Waals surface area (Å²) in [5.74, 6) is 0.899. The van der Waals surface area contributed by atoms with Crippen LogP contribution in [0.1, 0.15) is 18.9 Å². The van der Waals surface area contributed by atoms with Crippen LogP contribution in [0.4, 0.5) is 0 Å². The SMILES string of the molecule is COc1ccc(CCCNC(C)CO)cc1. The fraction of sp³-hybridized carbons (Fsp3) is 0.538. The molecular weight excluding hydrogens is 202 g/mol. The molecule has 0 saturated carbocycles. The molecule has 1 atom stereocenters. The first-order valence-electron chi connectivity index (χ1n) is 5.73. The Balaban J connectivity index is 2.21. The molecule has 0 aromatic heterocycles. The zero-order valence-corrected chi connectivity index (χ0v) is 10.1. The van der Waals surface area contributed by atoms with Crippen LogP contribution in [-0.4, -0.2) is 31.4 Å². The van der Waals surface area contributed by atoms with Crippen LogP contribution in [0.5, 0.6) is 5.75 Å². The predicted octanol–water partition coefficient (Wildman–Crippen LogP) is 1.60. The second kappa shape index (κ2) is 7.25. The van der Waals surface area contributed by atoms with Gasteiger partial charge in [0, 0.05) is 6.04 Å². The lowest BCUT2D eigenvalue weighted by atomic mass is 10.1. The van der Waals surface area contributed by atoms with Crippen molar-refractivity contribution in [3.63, 3.8) is 0 Å². The van der Waals surface area contributed by atoms with Crippen molar-refractivity contribution in [1.82, 2.24) is 5.32 Å². The van der Waals surface area contributed by atoms with E-state index >= 15 is 0 Å². The van der Waals surface area contributed by atoms with Crippen molar-refractivity contribution in [3.8, 4) is 5.75 Å². The highest BCUT2D eigenvalue weighted by molar-refractivity contribution is 5.27. The Kier molecular flexibility index (Phi) is 5.90. The van der Waals surface area contributed by atoms with Gasteiger partial charge in [0.05, 0.1) is 13.7 Å². The number of aryl methyl sites for hydroxylation is 1. The summed E-state index contributed by atoms with van der Waals surface area (Å²) < 4.78 is 5.10. The van der Waals surface area contributed by atoms with Gasteiger partial charge in [-0.3, -0.25) is 0 Å². The molecule has 16 heavy (non-hydrogen) atoms. The van der Waals surface area contributed by atoms with Gasteiger partial charge in [-0.05, 0) is 44.0 Å². The van der Waals surface area contributed by atoms with Gasteiger partial charge in [-0.1, -0.05) is 12.1 Å². The van der Waals surface area contributed by atoms with E-state index in [9.17, 15) is 0 Å². The molecule has 3 nitrogen and oxygen atoms in total. The van der Waals surface area contributed by atoms with E-state index in [4.69, 9.17) is 9.84 Å². The van der Waals surface area contributed by atoms with Crippen LogP contribution in [0.3, 0.4) is 0 Å². The number of hydrogen-bond acceptors (Lipinski definition) is 3. The van der Waals surface area contributed by atoms with E-state index in [0.29, 0.717) is 0 Å². The van der Waals surface area contributed by atoms with E-state index in [-0.39, 0.29) is 12.6 Å². The van der Waals surface area contributed by atoms with Crippen molar-refractivity contribution >= 4 is 0 Å². The number of aliphatic hydroxyl groups excluding tert-OH is 1. The summed E-state index contributed by atoms with van der Waals surface area (Å²) in [6, 6.07) is 8.34. The average molecular weight is 223 g/mol. The standard InChI is InChI=1S/C13H21NO2/c1-11(10-15)14-9-3-4-12-5-7-13(16-2)8-6-12/h5-8,11,14-15H,3-4,9-10H2,1-2H3. The van der Waals surface area contributed by atoms with Crippen molar-refractivity contribution in [2.45, 2.75) is 25.8 Å². The van der Waals surface area contributed by atoms with Crippen molar-refractivity contribution in [3.05, 3.63) is 29.8 Å². The molecule has 0 aliphatic heterocycles. The highest BCUT2D eigenvalue weighted by atomic mass is 16.5. The summed E-state index contributed by atoms with van der Waals surface area (Å²) in [6.07, 6.45) is 2.13. The largest absolute Gasteiger partial charge is 0.497 e. The monoisotopic (exact) mass is 223 g/mol. The summed E-state index contributed by atoms with van der Waals surface area (Å²) in [4.78, 5) is 0. The van der Waals surface area contributed by atoms with Gasteiger partial charge in [0.25, 0.3) is 0 Å². The number of rotatable bonds is 7. The summed E-state index contributed by atoms with van der Waals surface area (Å²) in [6.45, 7) is 3.11. The van der Waals surface area contributed by atoms with Crippen molar-refractivity contribution in [2.75, 3.05) is 20.3 Å². The molecule has 1 aromatic carbocycles. The lowest BCUT2D eigenvalue weighted by Crippen LogP contribution is -2.30. The summed E-state index contributed by atoms with van der Waals surface area (Å²) >= 11 is 0. The molecule has 2 N–H and O–H groups in total. The second-order valence-corrected chi connectivity index (χ2v) is 3.99. The van der Waals surface area contributed by atoms with Crippen LogP contribution in [0, 0.1) is 0 Å². The number of nitrogens with one attached hydrogen (secondary N) is 1. The first-order chi connectivity index (χ1) is 7.76. The Morgan fingerprint density at radius 1 is 1.31 bits per heavy atom. The number of benzene rings is 1. The molecule has 0 bridgehead atoms. The molecule has 3 heteroatoms. The Hall–Kier alpha value is -1.06. The summed E-state index contributed by atoms with van der Waals surface area (Å²) in [7, 11) is 1.68. The lowest BCUT2D eigenvalue weighted by molar-refractivity contribution is 0.251. The van der Waals surface area contributed by atoms with Crippen molar-refractivity contribution in [2.24, 2.45) is 0 Å². The Bertz CT molecular complexity index is 284. The van der Waals surface area contributed by atoms with Crippen molar-refractivity contribution in [1.29, 1.82) is 0 Å². The number of ether oxygens (including phenoxy) is 1. The minimum atomic E-state index is 0.191. The molecule has 0 spiro atoms. The molecular formula is C13H21NO2. The third kappa shape index (κ3) is 4.64. The lowest BCUT2D eigenvalue weighted by Gasteiger charge is -2.10. The summed E-state index contributed by atoms with van der Waals surface area (Å²) in [5, 5.41) is 12.1. The molecule has 0 aliphatic rings. The quantitative estimate of drug-likeness (QED) is 0.690. The maximum absolute atomic E-state index is 8.83. The Labute approximate surface area is 97.4 Å². The zero-order valence-electron chi connectivity index (χ0n) is 10.1. The van der Waals surface area contributed by atoms with E-state index in [1.165, 1.54) is 5.56 Å². The molecule has 1 unspecified atom stereocenters. The fourth-order valence-corrected chi connectivity index (χ4v) is 1.50. The van der Waals surface area contributed by atoms with E-state index in [0.717, 1.165) is 25.1 Å². The van der Waals surface area contributed by atoms with Gasteiger partial charge in [-0.25, -0.2) is 0 Å². The van der Waals surface area contributed by atoms with Gasteiger partial charge in [0.2, 0.25) is 0 Å². The Morgan fingerprint density at radius 2 is 2.00 bits per heavy atom. The van der Waals surface area contributed by atoms with Gasteiger partial charge in [0.1, 0.15) is 5.75 Å². The smallest absolute Gasteiger partial charge is 0.118 e. The van der Waals surface area contributed by atoms with Crippen molar-refractivity contribution < 1.29 is 9.84 Å². The predicted molar refractivity (Wildman–Crippen MR) is 65.9 cm³/mol. The van der Waals surface area contributed by atoms with Crippen LogP contribution < -0.4 is 10.1 Å². The van der Waals surface area contributed by atoms with Crippen LogP contribution in [0.25, 0.3) is 0 Å². The van der Waals surface area contributed by atoms with E-state index in [2.05, 4.69) is 17.4 Å². The van der Waals surface area contributed by atoms with Crippen LogP contribution >= 0.6 is 0 Å². The maximum Gasteiger partial charge on any atom is 0.118 e. The molecule has 0 amide bonds. The fourth-order valence-electron chi connectivity index (χ4n) is 1.50. The van der Waals surface area contributed by atoms with E-state index in [1.807, 2.05) is 19.1 Å². The highest BCUT2D eigenvalue weighted by Crippen LogP contribution is 2.12. The minimum absolute atomic E-state index is 0.191. The van der Waals surface area contributed by atoms with Gasteiger partial charge in [0.15, 0.2) is 0 Å². The molecule has 0 saturated heterocycles. The van der Waals surface area contributed by atoms with Gasteiger partial charge in [-0.15, -0.1) is 0 Å². The van der Waals surface area contributed by atoms with Gasteiger partial charge in [-0.2, -0.15) is 0 Å².